The third kappa shape index (κ3) is 2.82. The minimum absolute atomic E-state index is 0.0729. The molecule has 1 aromatic rings. The van der Waals surface area contributed by atoms with Crippen LogP contribution >= 0.6 is 0 Å². The summed E-state index contributed by atoms with van der Waals surface area (Å²) in [4.78, 5) is 27.5. The van der Waals surface area contributed by atoms with Crippen LogP contribution in [0.3, 0.4) is 0 Å². The van der Waals surface area contributed by atoms with Crippen molar-refractivity contribution in [3.63, 3.8) is 0 Å². The molecule has 0 aliphatic rings. The molecule has 0 saturated carbocycles. The molecule has 6 nitrogen and oxygen atoms in total. The van der Waals surface area contributed by atoms with E-state index in [0.29, 0.717) is 12.3 Å². The van der Waals surface area contributed by atoms with E-state index in [1.54, 1.807) is 13.8 Å². The SMILES string of the molecule is CCN(CCC(=O)O)C(=O)c1ncoc1C. The molecule has 0 radical (unpaired) electrons. The molecule has 0 spiro atoms. The van der Waals surface area contributed by atoms with Crippen molar-refractivity contribution >= 4 is 11.9 Å². The Balaban J connectivity index is 2.70. The van der Waals surface area contributed by atoms with Crippen molar-refractivity contribution in [2.45, 2.75) is 20.3 Å². The van der Waals surface area contributed by atoms with Crippen LogP contribution < -0.4 is 0 Å². The first kappa shape index (κ1) is 12.2. The highest BCUT2D eigenvalue weighted by Gasteiger charge is 2.20. The summed E-state index contributed by atoms with van der Waals surface area (Å²) in [6, 6.07) is 0. The number of amides is 1. The van der Waals surface area contributed by atoms with E-state index in [9.17, 15) is 9.59 Å². The van der Waals surface area contributed by atoms with Crippen molar-refractivity contribution in [2.75, 3.05) is 13.1 Å². The number of carboxylic acid groups (broad SMARTS) is 1. The molecule has 0 atom stereocenters. The van der Waals surface area contributed by atoms with Crippen LogP contribution in [0.1, 0.15) is 29.6 Å². The molecule has 1 rings (SSSR count). The second-order valence-electron chi connectivity index (χ2n) is 3.29. The highest BCUT2D eigenvalue weighted by Crippen LogP contribution is 2.08. The van der Waals surface area contributed by atoms with E-state index >= 15 is 0 Å². The standard InChI is InChI=1S/C10H14N2O4/c1-3-12(5-4-8(13)14)10(15)9-7(2)16-6-11-9/h6H,3-5H2,1-2H3,(H,13,14). The second kappa shape index (κ2) is 5.29. The topological polar surface area (TPSA) is 83.6 Å². The van der Waals surface area contributed by atoms with Crippen LogP contribution in [0, 0.1) is 6.92 Å². The number of oxazole rings is 1. The maximum atomic E-state index is 11.9. The summed E-state index contributed by atoms with van der Waals surface area (Å²) < 4.78 is 4.93. The minimum atomic E-state index is -0.928. The summed E-state index contributed by atoms with van der Waals surface area (Å²) in [6.07, 6.45) is 1.13. The number of nitrogens with zero attached hydrogens (tertiary/aromatic N) is 2. The number of aromatic nitrogens is 1. The average molecular weight is 226 g/mol. The van der Waals surface area contributed by atoms with Crippen LogP contribution in [0.2, 0.25) is 0 Å². The van der Waals surface area contributed by atoms with E-state index in [2.05, 4.69) is 4.98 Å². The molecule has 0 saturated heterocycles. The average Bonchev–Trinajstić information content (AvgIpc) is 2.64. The zero-order valence-electron chi connectivity index (χ0n) is 9.27. The molecule has 88 valence electrons. The van der Waals surface area contributed by atoms with E-state index in [4.69, 9.17) is 9.52 Å². The fraction of sp³-hybridized carbons (Fsp3) is 0.500. The molecule has 1 amide bonds. The Labute approximate surface area is 92.9 Å². The normalized spacial score (nSPS) is 10.1. The van der Waals surface area contributed by atoms with Gasteiger partial charge < -0.3 is 14.4 Å². The number of rotatable bonds is 5. The lowest BCUT2D eigenvalue weighted by molar-refractivity contribution is -0.137. The molecule has 0 fully saturated rings. The van der Waals surface area contributed by atoms with Gasteiger partial charge in [0.25, 0.3) is 5.91 Å². The summed E-state index contributed by atoms with van der Waals surface area (Å²) in [7, 11) is 0. The van der Waals surface area contributed by atoms with Gasteiger partial charge in [-0.3, -0.25) is 9.59 Å². The van der Waals surface area contributed by atoms with Crippen LogP contribution in [0.15, 0.2) is 10.8 Å². The van der Waals surface area contributed by atoms with Crippen LogP contribution in [-0.4, -0.2) is 40.0 Å². The Bertz CT molecular complexity index is 386. The van der Waals surface area contributed by atoms with Crippen molar-refractivity contribution in [3.8, 4) is 0 Å². The van der Waals surface area contributed by atoms with E-state index in [1.165, 1.54) is 11.3 Å². The molecular formula is C10H14N2O4. The molecule has 0 bridgehead atoms. The molecule has 1 aromatic heterocycles. The Morgan fingerprint density at radius 1 is 1.56 bits per heavy atom. The fourth-order valence-electron chi connectivity index (χ4n) is 1.29. The molecule has 0 unspecified atom stereocenters. The van der Waals surface area contributed by atoms with Gasteiger partial charge in [-0.25, -0.2) is 4.98 Å². The predicted molar refractivity (Wildman–Crippen MR) is 55.1 cm³/mol. The van der Waals surface area contributed by atoms with Crippen LogP contribution in [0.4, 0.5) is 0 Å². The van der Waals surface area contributed by atoms with Crippen LogP contribution in [0.25, 0.3) is 0 Å². The minimum Gasteiger partial charge on any atom is -0.481 e. The summed E-state index contributed by atoms with van der Waals surface area (Å²) in [5.74, 6) is -0.781. The van der Waals surface area contributed by atoms with Gasteiger partial charge in [-0.1, -0.05) is 0 Å². The number of aliphatic carboxylic acids is 1. The third-order valence-electron chi connectivity index (χ3n) is 2.21. The molecule has 1 heterocycles. The lowest BCUT2D eigenvalue weighted by Gasteiger charge is -2.18. The number of carbonyl (C=O) groups is 2. The predicted octanol–water partition coefficient (Wildman–Crippen LogP) is 0.920. The Morgan fingerprint density at radius 2 is 2.25 bits per heavy atom. The molecular weight excluding hydrogens is 212 g/mol. The van der Waals surface area contributed by atoms with Crippen molar-refractivity contribution in [1.82, 2.24) is 9.88 Å². The first-order valence-corrected chi connectivity index (χ1v) is 4.97. The van der Waals surface area contributed by atoms with Crippen molar-refractivity contribution in [2.24, 2.45) is 0 Å². The van der Waals surface area contributed by atoms with Crippen molar-refractivity contribution in [1.29, 1.82) is 0 Å². The fourth-order valence-corrected chi connectivity index (χ4v) is 1.29. The van der Waals surface area contributed by atoms with Gasteiger partial charge in [0, 0.05) is 13.1 Å². The number of aryl methyl sites for hydroxylation is 1. The Hall–Kier alpha value is -1.85. The van der Waals surface area contributed by atoms with Gasteiger partial charge in [-0.05, 0) is 13.8 Å². The second-order valence-corrected chi connectivity index (χ2v) is 3.29. The summed E-state index contributed by atoms with van der Waals surface area (Å²) >= 11 is 0. The zero-order chi connectivity index (χ0) is 12.1. The van der Waals surface area contributed by atoms with Gasteiger partial charge in [-0.15, -0.1) is 0 Å². The van der Waals surface area contributed by atoms with E-state index in [-0.39, 0.29) is 24.6 Å². The van der Waals surface area contributed by atoms with Gasteiger partial charge in [-0.2, -0.15) is 0 Å². The molecule has 6 heteroatoms. The van der Waals surface area contributed by atoms with E-state index in [0.717, 1.165) is 0 Å². The van der Waals surface area contributed by atoms with Crippen LogP contribution in [-0.2, 0) is 4.79 Å². The first-order valence-electron chi connectivity index (χ1n) is 4.97. The highest BCUT2D eigenvalue weighted by molar-refractivity contribution is 5.93. The van der Waals surface area contributed by atoms with Gasteiger partial charge in [0.05, 0.1) is 6.42 Å². The lowest BCUT2D eigenvalue weighted by Crippen LogP contribution is -2.33. The quantitative estimate of drug-likeness (QED) is 0.807. The van der Waals surface area contributed by atoms with Crippen molar-refractivity contribution < 1.29 is 19.1 Å². The smallest absolute Gasteiger partial charge is 0.305 e. The van der Waals surface area contributed by atoms with Gasteiger partial charge in [0.1, 0.15) is 5.76 Å². The van der Waals surface area contributed by atoms with Gasteiger partial charge in [0.15, 0.2) is 12.1 Å². The number of carboxylic acids is 1. The summed E-state index contributed by atoms with van der Waals surface area (Å²) in [5.41, 5.74) is 0.243. The Morgan fingerprint density at radius 3 is 2.69 bits per heavy atom. The lowest BCUT2D eigenvalue weighted by atomic mass is 10.3. The maximum absolute atomic E-state index is 11.9. The zero-order valence-corrected chi connectivity index (χ0v) is 9.27. The molecule has 1 N–H and O–H groups in total. The van der Waals surface area contributed by atoms with Gasteiger partial charge >= 0.3 is 5.97 Å². The maximum Gasteiger partial charge on any atom is 0.305 e. The largest absolute Gasteiger partial charge is 0.481 e. The molecule has 16 heavy (non-hydrogen) atoms. The summed E-state index contributed by atoms with van der Waals surface area (Å²) in [6.45, 7) is 4.05. The summed E-state index contributed by atoms with van der Waals surface area (Å²) in [5, 5.41) is 8.55. The van der Waals surface area contributed by atoms with Crippen molar-refractivity contribution in [3.05, 3.63) is 17.8 Å². The highest BCUT2D eigenvalue weighted by atomic mass is 16.4. The first-order chi connectivity index (χ1) is 7.56. The number of hydrogen-bond acceptors (Lipinski definition) is 4. The number of hydrogen-bond donors (Lipinski definition) is 1. The van der Waals surface area contributed by atoms with E-state index < -0.39 is 5.97 Å². The number of carbonyl (C=O) groups excluding carboxylic acids is 1. The Kier molecular flexibility index (Phi) is 4.04. The molecule has 0 aliphatic heterocycles. The van der Waals surface area contributed by atoms with Gasteiger partial charge in [0.2, 0.25) is 0 Å². The molecule has 0 aliphatic carbocycles. The third-order valence-corrected chi connectivity index (χ3v) is 2.21. The van der Waals surface area contributed by atoms with E-state index in [1.807, 2.05) is 0 Å². The molecule has 0 aromatic carbocycles. The van der Waals surface area contributed by atoms with Crippen LogP contribution in [0.5, 0.6) is 0 Å². The monoisotopic (exact) mass is 226 g/mol.